The monoisotopic (exact) mass is 272 g/mol. The third-order valence-corrected chi connectivity index (χ3v) is 3.72. The van der Waals surface area contributed by atoms with Gasteiger partial charge in [-0.3, -0.25) is 0 Å². The quantitative estimate of drug-likeness (QED) is 0.857. The number of hydrogen-bond acceptors (Lipinski definition) is 2. The highest BCUT2D eigenvalue weighted by Crippen LogP contribution is 2.31. The lowest BCUT2D eigenvalue weighted by atomic mass is 10.1. The van der Waals surface area contributed by atoms with Gasteiger partial charge in [-0.15, -0.1) is 11.3 Å². The molecular formula is C12H10Cl2OS. The van der Waals surface area contributed by atoms with Gasteiger partial charge in [0.25, 0.3) is 0 Å². The van der Waals surface area contributed by atoms with Crippen LogP contribution in [0.3, 0.4) is 0 Å². The Labute approximate surface area is 108 Å². The van der Waals surface area contributed by atoms with Crippen molar-refractivity contribution in [3.8, 4) is 0 Å². The van der Waals surface area contributed by atoms with Gasteiger partial charge in [-0.2, -0.15) is 0 Å². The molecule has 2 aromatic rings. The number of halogens is 2. The second-order valence-electron chi connectivity index (χ2n) is 3.55. The van der Waals surface area contributed by atoms with Gasteiger partial charge in [-0.25, -0.2) is 0 Å². The summed E-state index contributed by atoms with van der Waals surface area (Å²) in [5, 5.41) is 11.2. The van der Waals surface area contributed by atoms with E-state index in [9.17, 15) is 5.11 Å². The van der Waals surface area contributed by atoms with Gasteiger partial charge in [0.1, 0.15) is 6.10 Å². The molecule has 1 atom stereocenters. The first-order chi connectivity index (χ1) is 7.56. The van der Waals surface area contributed by atoms with Crippen LogP contribution < -0.4 is 0 Å². The van der Waals surface area contributed by atoms with Crippen LogP contribution in [-0.2, 0) is 0 Å². The molecule has 0 aliphatic heterocycles. The van der Waals surface area contributed by atoms with E-state index in [1.807, 2.05) is 19.1 Å². The topological polar surface area (TPSA) is 20.2 Å². The molecule has 1 aromatic heterocycles. The number of rotatable bonds is 2. The van der Waals surface area contributed by atoms with Crippen LogP contribution in [0.25, 0.3) is 0 Å². The average Bonchev–Trinajstić information content (AvgIpc) is 2.62. The second kappa shape index (κ2) is 4.76. The number of benzene rings is 1. The highest BCUT2D eigenvalue weighted by Gasteiger charge is 2.13. The van der Waals surface area contributed by atoms with E-state index in [0.717, 1.165) is 10.4 Å². The largest absolute Gasteiger partial charge is 0.383 e. The molecule has 0 bridgehead atoms. The van der Waals surface area contributed by atoms with Gasteiger partial charge in [-0.1, -0.05) is 23.2 Å². The van der Waals surface area contributed by atoms with E-state index in [1.54, 1.807) is 29.5 Å². The first kappa shape index (κ1) is 11.9. The lowest BCUT2D eigenvalue weighted by Crippen LogP contribution is -1.96. The molecule has 1 aromatic carbocycles. The molecule has 0 spiro atoms. The maximum Gasteiger partial charge on any atom is 0.113 e. The lowest BCUT2D eigenvalue weighted by Gasteiger charge is -2.09. The lowest BCUT2D eigenvalue weighted by molar-refractivity contribution is 0.224. The normalized spacial score (nSPS) is 12.8. The fourth-order valence-electron chi connectivity index (χ4n) is 1.50. The maximum absolute atomic E-state index is 10.1. The number of aliphatic hydroxyl groups is 1. The first-order valence-electron chi connectivity index (χ1n) is 4.76. The summed E-state index contributed by atoms with van der Waals surface area (Å²) in [4.78, 5) is 2.07. The Kier molecular flexibility index (Phi) is 3.55. The zero-order chi connectivity index (χ0) is 11.7. The Morgan fingerprint density at radius 3 is 2.25 bits per heavy atom. The summed E-state index contributed by atoms with van der Waals surface area (Å²) < 4.78 is 0. The van der Waals surface area contributed by atoms with E-state index in [0.29, 0.717) is 10.0 Å². The van der Waals surface area contributed by atoms with Gasteiger partial charge in [0.05, 0.1) is 0 Å². The molecule has 0 aliphatic carbocycles. The van der Waals surface area contributed by atoms with E-state index < -0.39 is 6.10 Å². The van der Waals surface area contributed by atoms with Crippen LogP contribution in [0.1, 0.15) is 21.4 Å². The van der Waals surface area contributed by atoms with E-state index in [2.05, 4.69) is 0 Å². The molecule has 1 N–H and O–H groups in total. The van der Waals surface area contributed by atoms with Gasteiger partial charge < -0.3 is 5.11 Å². The van der Waals surface area contributed by atoms with Crippen LogP contribution in [0.2, 0.25) is 10.0 Å². The zero-order valence-corrected chi connectivity index (χ0v) is 10.9. The Morgan fingerprint density at radius 1 is 1.12 bits per heavy atom. The predicted octanol–water partition coefficient (Wildman–Crippen LogP) is 4.45. The molecule has 0 unspecified atom stereocenters. The molecule has 1 heterocycles. The molecule has 4 heteroatoms. The summed E-state index contributed by atoms with van der Waals surface area (Å²) in [6.45, 7) is 2.01. The summed E-state index contributed by atoms with van der Waals surface area (Å²) in [7, 11) is 0. The Hall–Kier alpha value is -0.540. The van der Waals surface area contributed by atoms with E-state index in [4.69, 9.17) is 23.2 Å². The summed E-state index contributed by atoms with van der Waals surface area (Å²) >= 11 is 13.4. The SMILES string of the molecule is Cc1ccc([C@H](O)c2cc(Cl)cc(Cl)c2)s1. The first-order valence-corrected chi connectivity index (χ1v) is 6.34. The molecule has 2 rings (SSSR count). The summed E-state index contributed by atoms with van der Waals surface area (Å²) in [6, 6.07) is 9.01. The Balaban J connectivity index is 2.37. The minimum absolute atomic E-state index is 0.537. The third-order valence-electron chi connectivity index (χ3n) is 2.23. The van der Waals surface area contributed by atoms with Crippen LogP contribution in [0, 0.1) is 6.92 Å². The van der Waals surface area contributed by atoms with Crippen molar-refractivity contribution in [2.24, 2.45) is 0 Å². The summed E-state index contributed by atoms with van der Waals surface area (Å²) in [5.41, 5.74) is 0.722. The van der Waals surface area contributed by atoms with E-state index in [-0.39, 0.29) is 0 Å². The number of aliphatic hydroxyl groups excluding tert-OH is 1. The maximum atomic E-state index is 10.1. The van der Waals surface area contributed by atoms with Crippen molar-refractivity contribution in [3.05, 3.63) is 55.7 Å². The van der Waals surface area contributed by atoms with Crippen molar-refractivity contribution in [1.29, 1.82) is 0 Å². The minimum Gasteiger partial charge on any atom is -0.383 e. The smallest absolute Gasteiger partial charge is 0.113 e. The number of hydrogen-bond donors (Lipinski definition) is 1. The number of aryl methyl sites for hydroxylation is 1. The molecule has 84 valence electrons. The molecule has 0 saturated carbocycles. The summed E-state index contributed by atoms with van der Waals surface area (Å²) in [6.07, 6.45) is -0.658. The van der Waals surface area contributed by atoms with E-state index >= 15 is 0 Å². The van der Waals surface area contributed by atoms with Gasteiger partial charge in [-0.05, 0) is 42.8 Å². The Bertz CT molecular complexity index is 487. The third kappa shape index (κ3) is 2.58. The van der Waals surface area contributed by atoms with Crippen LogP contribution >= 0.6 is 34.5 Å². The van der Waals surface area contributed by atoms with Gasteiger partial charge in [0.2, 0.25) is 0 Å². The minimum atomic E-state index is -0.658. The van der Waals surface area contributed by atoms with Crippen molar-refractivity contribution in [2.45, 2.75) is 13.0 Å². The molecule has 16 heavy (non-hydrogen) atoms. The zero-order valence-electron chi connectivity index (χ0n) is 8.58. The fraction of sp³-hybridized carbons (Fsp3) is 0.167. The fourth-order valence-corrected chi connectivity index (χ4v) is 2.93. The van der Waals surface area contributed by atoms with Crippen LogP contribution in [0.4, 0.5) is 0 Å². The van der Waals surface area contributed by atoms with Crippen molar-refractivity contribution in [3.63, 3.8) is 0 Å². The van der Waals surface area contributed by atoms with Gasteiger partial charge in [0.15, 0.2) is 0 Å². The van der Waals surface area contributed by atoms with Crippen molar-refractivity contribution >= 4 is 34.5 Å². The van der Waals surface area contributed by atoms with Crippen molar-refractivity contribution in [2.75, 3.05) is 0 Å². The van der Waals surface area contributed by atoms with Crippen LogP contribution in [0.5, 0.6) is 0 Å². The highest BCUT2D eigenvalue weighted by molar-refractivity contribution is 7.12. The van der Waals surface area contributed by atoms with Gasteiger partial charge in [0, 0.05) is 19.8 Å². The number of thiophene rings is 1. The highest BCUT2D eigenvalue weighted by atomic mass is 35.5. The molecular weight excluding hydrogens is 263 g/mol. The van der Waals surface area contributed by atoms with Crippen molar-refractivity contribution < 1.29 is 5.11 Å². The van der Waals surface area contributed by atoms with Crippen molar-refractivity contribution in [1.82, 2.24) is 0 Å². The van der Waals surface area contributed by atoms with Crippen LogP contribution in [-0.4, -0.2) is 5.11 Å². The molecule has 1 nitrogen and oxygen atoms in total. The van der Waals surface area contributed by atoms with E-state index in [1.165, 1.54) is 4.88 Å². The second-order valence-corrected chi connectivity index (χ2v) is 5.75. The van der Waals surface area contributed by atoms with Crippen LogP contribution in [0.15, 0.2) is 30.3 Å². The predicted molar refractivity (Wildman–Crippen MR) is 69.6 cm³/mol. The van der Waals surface area contributed by atoms with Gasteiger partial charge >= 0.3 is 0 Å². The Morgan fingerprint density at radius 2 is 1.75 bits per heavy atom. The molecule has 0 fully saturated rings. The standard InChI is InChI=1S/C12H10Cl2OS/c1-7-2-3-11(16-7)12(15)8-4-9(13)6-10(14)5-8/h2-6,12,15H,1H3/t12-/m1/s1. The molecule has 0 saturated heterocycles. The summed E-state index contributed by atoms with van der Waals surface area (Å²) in [5.74, 6) is 0. The average molecular weight is 273 g/mol. The molecule has 0 radical (unpaired) electrons. The molecule has 0 amide bonds. The molecule has 0 aliphatic rings.